The van der Waals surface area contributed by atoms with Gasteiger partial charge in [-0.3, -0.25) is 9.88 Å². The average molecular weight is 321 g/mol. The number of nitrogens with one attached hydrogen (secondary N) is 1. The summed E-state index contributed by atoms with van der Waals surface area (Å²) in [5.74, 6) is 0.521. The van der Waals surface area contributed by atoms with E-state index in [0.717, 1.165) is 45.0 Å². The van der Waals surface area contributed by atoms with Crippen molar-refractivity contribution in [1.29, 1.82) is 0 Å². The number of nitrogens with zero attached hydrogens (tertiary/aromatic N) is 2. The van der Waals surface area contributed by atoms with Gasteiger partial charge in [0, 0.05) is 37.5 Å². The van der Waals surface area contributed by atoms with Gasteiger partial charge >= 0.3 is 0 Å². The van der Waals surface area contributed by atoms with Gasteiger partial charge in [-0.2, -0.15) is 0 Å². The van der Waals surface area contributed by atoms with E-state index in [1.165, 1.54) is 16.5 Å². The number of hydrogen-bond acceptors (Lipinski definition) is 3. The van der Waals surface area contributed by atoms with Crippen molar-refractivity contribution in [3.63, 3.8) is 0 Å². The first-order valence-electron chi connectivity index (χ1n) is 8.63. The van der Waals surface area contributed by atoms with E-state index in [2.05, 4.69) is 51.3 Å². The van der Waals surface area contributed by atoms with E-state index in [9.17, 15) is 0 Å². The van der Waals surface area contributed by atoms with Crippen LogP contribution in [-0.2, 0) is 17.7 Å². The number of H-pyrrole nitrogens is 1. The largest absolute Gasteiger partial charge is 0.380 e. The summed E-state index contributed by atoms with van der Waals surface area (Å²) in [5, 5.41) is 1.28. The van der Waals surface area contributed by atoms with Gasteiger partial charge < -0.3 is 9.72 Å². The molecule has 1 saturated heterocycles. The molecule has 0 radical (unpaired) electrons. The van der Waals surface area contributed by atoms with Crippen LogP contribution in [0, 0.1) is 5.92 Å². The molecule has 1 fully saturated rings. The molecular weight excluding hydrogens is 298 g/mol. The molecule has 1 aliphatic rings. The van der Waals surface area contributed by atoms with Crippen molar-refractivity contribution in [3.8, 4) is 0 Å². The van der Waals surface area contributed by atoms with Gasteiger partial charge in [-0.15, -0.1) is 0 Å². The van der Waals surface area contributed by atoms with Crippen LogP contribution < -0.4 is 0 Å². The molecule has 3 heterocycles. The van der Waals surface area contributed by atoms with Gasteiger partial charge in [0.1, 0.15) is 0 Å². The fraction of sp³-hybridized carbons (Fsp3) is 0.350. The first-order valence-corrected chi connectivity index (χ1v) is 8.63. The van der Waals surface area contributed by atoms with Gasteiger partial charge in [-0.25, -0.2) is 0 Å². The van der Waals surface area contributed by atoms with E-state index in [1.54, 1.807) is 0 Å². The third-order valence-corrected chi connectivity index (χ3v) is 4.68. The maximum Gasteiger partial charge on any atom is 0.0593 e. The predicted octanol–water partition coefficient (Wildman–Crippen LogP) is 3.25. The van der Waals surface area contributed by atoms with Crippen LogP contribution in [0.4, 0.5) is 0 Å². The lowest BCUT2D eigenvalue weighted by Crippen LogP contribution is -2.30. The molecule has 124 valence electrons. The second-order valence-electron chi connectivity index (χ2n) is 6.60. The number of pyridine rings is 1. The topological polar surface area (TPSA) is 41.1 Å². The Bertz CT molecular complexity index is 784. The van der Waals surface area contributed by atoms with Crippen LogP contribution in [0.3, 0.4) is 0 Å². The Labute approximate surface area is 142 Å². The van der Waals surface area contributed by atoms with Gasteiger partial charge in [0.15, 0.2) is 0 Å². The quantitative estimate of drug-likeness (QED) is 0.802. The van der Waals surface area contributed by atoms with Gasteiger partial charge in [-0.1, -0.05) is 12.1 Å². The van der Waals surface area contributed by atoms with Crippen LogP contribution in [-0.4, -0.2) is 41.2 Å². The van der Waals surface area contributed by atoms with Crippen molar-refractivity contribution in [3.05, 3.63) is 66.1 Å². The molecule has 0 spiro atoms. The summed E-state index contributed by atoms with van der Waals surface area (Å²) in [6.45, 7) is 4.58. The fourth-order valence-corrected chi connectivity index (χ4v) is 3.50. The van der Waals surface area contributed by atoms with Crippen LogP contribution in [0.2, 0.25) is 0 Å². The number of fused-ring (bicyclic) bond motifs is 1. The van der Waals surface area contributed by atoms with E-state index in [-0.39, 0.29) is 0 Å². The van der Waals surface area contributed by atoms with Gasteiger partial charge in [0.25, 0.3) is 0 Å². The number of ether oxygens (including phenoxy) is 1. The Hall–Kier alpha value is -2.17. The Kier molecular flexibility index (Phi) is 4.58. The summed E-state index contributed by atoms with van der Waals surface area (Å²) in [4.78, 5) is 10.2. The molecule has 1 aromatic carbocycles. The molecule has 0 saturated carbocycles. The molecule has 0 amide bonds. The first kappa shape index (κ1) is 15.4. The van der Waals surface area contributed by atoms with Crippen LogP contribution in [0.1, 0.15) is 11.3 Å². The number of benzene rings is 1. The molecular formula is C20H23N3O. The third kappa shape index (κ3) is 3.66. The summed E-state index contributed by atoms with van der Waals surface area (Å²) >= 11 is 0. The number of aromatic nitrogens is 2. The molecule has 0 bridgehead atoms. The van der Waals surface area contributed by atoms with E-state index >= 15 is 0 Å². The summed E-state index contributed by atoms with van der Waals surface area (Å²) in [7, 11) is 0. The minimum Gasteiger partial charge on any atom is -0.380 e. The van der Waals surface area contributed by atoms with Crippen LogP contribution in [0.5, 0.6) is 0 Å². The van der Waals surface area contributed by atoms with Crippen LogP contribution in [0.15, 0.2) is 54.9 Å². The van der Waals surface area contributed by atoms with Crippen molar-refractivity contribution in [2.75, 3.05) is 26.3 Å². The predicted molar refractivity (Wildman–Crippen MR) is 95.8 cm³/mol. The number of rotatable bonds is 4. The Morgan fingerprint density at radius 2 is 2.21 bits per heavy atom. The van der Waals surface area contributed by atoms with Gasteiger partial charge in [0.05, 0.1) is 18.9 Å². The highest BCUT2D eigenvalue weighted by Gasteiger charge is 2.19. The van der Waals surface area contributed by atoms with Gasteiger partial charge in [0.2, 0.25) is 0 Å². The zero-order valence-corrected chi connectivity index (χ0v) is 13.8. The Balaban J connectivity index is 1.43. The van der Waals surface area contributed by atoms with Crippen molar-refractivity contribution in [2.45, 2.75) is 13.0 Å². The molecule has 3 aromatic rings. The first-order chi connectivity index (χ1) is 11.9. The second-order valence-corrected chi connectivity index (χ2v) is 6.60. The molecule has 2 aromatic heterocycles. The molecule has 4 rings (SSSR count). The minimum atomic E-state index is 0.521. The van der Waals surface area contributed by atoms with Crippen LogP contribution in [0.25, 0.3) is 10.9 Å². The Morgan fingerprint density at radius 1 is 1.21 bits per heavy atom. The lowest BCUT2D eigenvalue weighted by molar-refractivity contribution is 0.121. The molecule has 4 nitrogen and oxygen atoms in total. The third-order valence-electron chi connectivity index (χ3n) is 4.68. The SMILES string of the molecule is c1ccc(CN2CCOCC(Cc3ccc4[nH]ccc4c3)C2)nc1. The maximum absolute atomic E-state index is 5.85. The molecule has 1 unspecified atom stereocenters. The molecule has 4 heteroatoms. The summed E-state index contributed by atoms with van der Waals surface area (Å²) in [6, 6.07) is 15.0. The Morgan fingerprint density at radius 3 is 3.12 bits per heavy atom. The summed E-state index contributed by atoms with van der Waals surface area (Å²) < 4.78 is 5.85. The highest BCUT2D eigenvalue weighted by atomic mass is 16.5. The molecule has 1 N–H and O–H groups in total. The van der Waals surface area contributed by atoms with Crippen LogP contribution >= 0.6 is 0 Å². The molecule has 1 atom stereocenters. The zero-order chi connectivity index (χ0) is 16.2. The van der Waals surface area contributed by atoms with E-state index in [4.69, 9.17) is 4.74 Å². The maximum atomic E-state index is 5.85. The number of hydrogen-bond donors (Lipinski definition) is 1. The number of aromatic amines is 1. The van der Waals surface area contributed by atoms with E-state index in [1.807, 2.05) is 18.5 Å². The van der Waals surface area contributed by atoms with E-state index < -0.39 is 0 Å². The zero-order valence-electron chi connectivity index (χ0n) is 13.8. The lowest BCUT2D eigenvalue weighted by atomic mass is 9.98. The van der Waals surface area contributed by atoms with Crippen molar-refractivity contribution < 1.29 is 4.74 Å². The van der Waals surface area contributed by atoms with Crippen molar-refractivity contribution >= 4 is 10.9 Å². The standard InChI is InChI=1S/C20H23N3O/c1-2-7-21-19(3-1)14-23-9-10-24-15-17(13-23)11-16-4-5-20-18(12-16)6-8-22-20/h1-8,12,17,22H,9-11,13-15H2. The van der Waals surface area contributed by atoms with E-state index in [0.29, 0.717) is 5.92 Å². The van der Waals surface area contributed by atoms with Crippen molar-refractivity contribution in [1.82, 2.24) is 14.9 Å². The second kappa shape index (κ2) is 7.16. The smallest absolute Gasteiger partial charge is 0.0593 e. The van der Waals surface area contributed by atoms with Crippen molar-refractivity contribution in [2.24, 2.45) is 5.92 Å². The molecule has 24 heavy (non-hydrogen) atoms. The molecule has 1 aliphatic heterocycles. The molecule has 0 aliphatic carbocycles. The normalized spacial score (nSPS) is 19.4. The van der Waals surface area contributed by atoms with Gasteiger partial charge in [-0.05, 0) is 53.6 Å². The minimum absolute atomic E-state index is 0.521. The highest BCUT2D eigenvalue weighted by molar-refractivity contribution is 5.79. The monoisotopic (exact) mass is 321 g/mol. The lowest BCUT2D eigenvalue weighted by Gasteiger charge is -2.23. The summed E-state index contributed by atoms with van der Waals surface area (Å²) in [5.41, 5.74) is 3.72. The summed E-state index contributed by atoms with van der Waals surface area (Å²) in [6.07, 6.45) is 4.92. The fourth-order valence-electron chi connectivity index (χ4n) is 3.50. The average Bonchev–Trinajstić information content (AvgIpc) is 2.96. The highest BCUT2D eigenvalue weighted by Crippen LogP contribution is 2.19.